The number of nitriles is 1. The van der Waals surface area contributed by atoms with Crippen molar-refractivity contribution >= 4 is 23.9 Å². The summed E-state index contributed by atoms with van der Waals surface area (Å²) in [7, 11) is 1.53. The number of halogens is 1. The maximum absolute atomic E-state index is 12.6. The van der Waals surface area contributed by atoms with E-state index in [1.165, 1.54) is 20.0 Å². The number of benzene rings is 1. The Balaban J connectivity index is 0.000000313. The van der Waals surface area contributed by atoms with Crippen molar-refractivity contribution in [1.29, 1.82) is 5.26 Å². The summed E-state index contributed by atoms with van der Waals surface area (Å²) in [6.07, 6.45) is 7.27. The summed E-state index contributed by atoms with van der Waals surface area (Å²) in [6, 6.07) is 7.13. The molecular formula is C22H28ClN3O3. The molecule has 0 aromatic heterocycles. The highest BCUT2D eigenvalue weighted by atomic mass is 35.5. The lowest BCUT2D eigenvalue weighted by Gasteiger charge is -2.33. The summed E-state index contributed by atoms with van der Waals surface area (Å²) in [6.45, 7) is 3.81. The number of hydrogen-bond donors (Lipinski definition) is 1. The summed E-state index contributed by atoms with van der Waals surface area (Å²) in [5.41, 5.74) is 1.35. The van der Waals surface area contributed by atoms with Gasteiger partial charge in [0.1, 0.15) is 5.75 Å². The second-order valence-corrected chi connectivity index (χ2v) is 7.87. The van der Waals surface area contributed by atoms with Crippen molar-refractivity contribution in [2.45, 2.75) is 32.6 Å². The minimum atomic E-state index is -0.0786. The fourth-order valence-electron chi connectivity index (χ4n) is 3.30. The molecule has 1 aromatic rings. The summed E-state index contributed by atoms with van der Waals surface area (Å²) in [5.74, 6) is 1.48. The molecule has 3 rings (SSSR count). The summed E-state index contributed by atoms with van der Waals surface area (Å²) in [5, 5.41) is 11.5. The highest BCUT2D eigenvalue weighted by molar-refractivity contribution is 6.31. The van der Waals surface area contributed by atoms with Gasteiger partial charge in [0.2, 0.25) is 6.41 Å². The number of methoxy groups -OCH3 is 1. The Bertz CT molecular complexity index is 784. The van der Waals surface area contributed by atoms with Crippen molar-refractivity contribution < 1.29 is 14.3 Å². The van der Waals surface area contributed by atoms with Gasteiger partial charge in [-0.2, -0.15) is 5.26 Å². The third kappa shape index (κ3) is 7.43. The predicted octanol–water partition coefficient (Wildman–Crippen LogP) is 3.81. The lowest BCUT2D eigenvalue weighted by molar-refractivity contribution is -0.109. The Morgan fingerprint density at radius 3 is 2.79 bits per heavy atom. The Labute approximate surface area is 177 Å². The van der Waals surface area contributed by atoms with E-state index < -0.39 is 0 Å². The molecule has 1 aromatic carbocycles. The zero-order chi connectivity index (χ0) is 21.2. The number of nitrogens with zero attached hydrogens (tertiary/aromatic N) is 2. The maximum atomic E-state index is 12.6. The van der Waals surface area contributed by atoms with Gasteiger partial charge in [0.15, 0.2) is 0 Å². The van der Waals surface area contributed by atoms with Crippen molar-refractivity contribution in [2.75, 3.05) is 26.7 Å². The van der Waals surface area contributed by atoms with Gasteiger partial charge in [0.05, 0.1) is 18.7 Å². The monoisotopic (exact) mass is 417 g/mol. The largest absolute Gasteiger partial charge is 0.496 e. The lowest BCUT2D eigenvalue weighted by Crippen LogP contribution is -2.42. The summed E-state index contributed by atoms with van der Waals surface area (Å²) >= 11 is 5.98. The summed E-state index contributed by atoms with van der Waals surface area (Å²) in [4.78, 5) is 24.8. The van der Waals surface area contributed by atoms with E-state index in [0.717, 1.165) is 24.3 Å². The third-order valence-electron chi connectivity index (χ3n) is 4.97. The maximum Gasteiger partial charge on any atom is 0.257 e. The number of piperidine rings is 1. The van der Waals surface area contributed by atoms with Crippen molar-refractivity contribution in [3.63, 3.8) is 0 Å². The van der Waals surface area contributed by atoms with Gasteiger partial charge in [0, 0.05) is 30.2 Å². The quantitative estimate of drug-likeness (QED) is 0.563. The third-order valence-corrected chi connectivity index (χ3v) is 5.21. The van der Waals surface area contributed by atoms with E-state index in [0.29, 0.717) is 42.4 Å². The Kier molecular flexibility index (Phi) is 9.01. The summed E-state index contributed by atoms with van der Waals surface area (Å²) < 4.78 is 5.24. The molecule has 1 saturated carbocycles. The minimum Gasteiger partial charge on any atom is -0.496 e. The topological polar surface area (TPSA) is 82.4 Å². The number of likely N-dealkylation sites (tertiary alicyclic amines) is 1. The van der Waals surface area contributed by atoms with Crippen LogP contribution in [0.15, 0.2) is 29.8 Å². The number of amides is 2. The first-order chi connectivity index (χ1) is 14.0. The van der Waals surface area contributed by atoms with Crippen LogP contribution in [-0.2, 0) is 4.79 Å². The van der Waals surface area contributed by atoms with Gasteiger partial charge >= 0.3 is 0 Å². The highest BCUT2D eigenvalue weighted by Gasteiger charge is 2.26. The van der Waals surface area contributed by atoms with Crippen LogP contribution in [0, 0.1) is 23.2 Å². The fourth-order valence-corrected chi connectivity index (χ4v) is 3.47. The highest BCUT2D eigenvalue weighted by Crippen LogP contribution is 2.31. The van der Waals surface area contributed by atoms with Crippen LogP contribution in [0.1, 0.15) is 43.0 Å². The van der Waals surface area contributed by atoms with E-state index in [1.54, 1.807) is 23.1 Å². The number of hydrogen-bond acceptors (Lipinski definition) is 4. The normalized spacial score (nSPS) is 18.8. The van der Waals surface area contributed by atoms with E-state index in [-0.39, 0.29) is 11.8 Å². The van der Waals surface area contributed by atoms with Gasteiger partial charge < -0.3 is 15.0 Å². The minimum absolute atomic E-state index is 0.0786. The average molecular weight is 418 g/mol. The molecule has 1 heterocycles. The molecule has 29 heavy (non-hydrogen) atoms. The Morgan fingerprint density at radius 1 is 1.41 bits per heavy atom. The van der Waals surface area contributed by atoms with Crippen LogP contribution in [0.3, 0.4) is 0 Å². The van der Waals surface area contributed by atoms with Gasteiger partial charge in [-0.3, -0.25) is 9.59 Å². The van der Waals surface area contributed by atoms with Crippen molar-refractivity contribution in [2.24, 2.45) is 11.8 Å². The number of allylic oxidation sites excluding steroid dienone is 2. The van der Waals surface area contributed by atoms with Crippen molar-refractivity contribution in [3.8, 4) is 11.8 Å². The van der Waals surface area contributed by atoms with E-state index in [4.69, 9.17) is 21.6 Å². The molecule has 1 unspecified atom stereocenters. The lowest BCUT2D eigenvalue weighted by atomic mass is 9.97. The molecule has 1 aliphatic carbocycles. The fraction of sp³-hybridized carbons (Fsp3) is 0.500. The van der Waals surface area contributed by atoms with Crippen LogP contribution in [0.25, 0.3) is 0 Å². The predicted molar refractivity (Wildman–Crippen MR) is 113 cm³/mol. The number of carbonyl (C=O) groups is 2. The molecular weight excluding hydrogens is 390 g/mol. The number of ether oxygens (including phenoxy) is 1. The van der Waals surface area contributed by atoms with Crippen LogP contribution < -0.4 is 10.1 Å². The zero-order valence-electron chi connectivity index (χ0n) is 17.0. The molecule has 2 aliphatic rings. The number of carbonyl (C=O) groups excluding carboxylic acids is 2. The number of rotatable bonds is 6. The van der Waals surface area contributed by atoms with Crippen LogP contribution in [-0.4, -0.2) is 44.0 Å². The van der Waals surface area contributed by atoms with E-state index in [1.807, 2.05) is 6.92 Å². The molecule has 0 radical (unpaired) electrons. The van der Waals surface area contributed by atoms with Gasteiger partial charge in [-0.25, -0.2) is 0 Å². The second kappa shape index (κ2) is 11.5. The van der Waals surface area contributed by atoms with Gasteiger partial charge in [-0.1, -0.05) is 17.7 Å². The van der Waals surface area contributed by atoms with E-state index >= 15 is 0 Å². The first-order valence-electron chi connectivity index (χ1n) is 9.86. The van der Waals surface area contributed by atoms with Crippen LogP contribution in [0.5, 0.6) is 5.75 Å². The molecule has 6 nitrogen and oxygen atoms in total. The molecule has 2 amide bonds. The first kappa shape index (κ1) is 22.8. The number of nitrogens with one attached hydrogen (secondary N) is 1. The van der Waals surface area contributed by atoms with Crippen molar-refractivity contribution in [3.05, 3.63) is 40.4 Å². The first-order valence-corrected chi connectivity index (χ1v) is 10.2. The van der Waals surface area contributed by atoms with Gasteiger partial charge in [-0.05, 0) is 62.6 Å². The molecule has 1 N–H and O–H groups in total. The molecule has 1 saturated heterocycles. The van der Waals surface area contributed by atoms with E-state index in [9.17, 15) is 9.59 Å². The molecule has 0 spiro atoms. The van der Waals surface area contributed by atoms with Gasteiger partial charge in [-0.15, -0.1) is 0 Å². The molecule has 2 fully saturated rings. The molecule has 0 bridgehead atoms. The molecule has 7 heteroatoms. The van der Waals surface area contributed by atoms with Gasteiger partial charge in [0.25, 0.3) is 5.91 Å². The SMILES string of the molecule is C/C(C#N)=C/C1CC1.COc1ccc(Cl)cc1C(=O)N1CCCC(CNC=O)C1. The van der Waals surface area contributed by atoms with Crippen LogP contribution >= 0.6 is 11.6 Å². The molecule has 1 aliphatic heterocycles. The average Bonchev–Trinajstić information content (AvgIpc) is 3.56. The zero-order valence-corrected chi connectivity index (χ0v) is 17.7. The Morgan fingerprint density at radius 2 is 2.17 bits per heavy atom. The van der Waals surface area contributed by atoms with E-state index in [2.05, 4.69) is 17.5 Å². The smallest absolute Gasteiger partial charge is 0.257 e. The van der Waals surface area contributed by atoms with Crippen LogP contribution in [0.2, 0.25) is 5.02 Å². The second-order valence-electron chi connectivity index (χ2n) is 7.43. The molecule has 1 atom stereocenters. The van der Waals surface area contributed by atoms with Crippen LogP contribution in [0.4, 0.5) is 0 Å². The van der Waals surface area contributed by atoms with Crippen molar-refractivity contribution in [1.82, 2.24) is 10.2 Å². The Hall–Kier alpha value is -2.52. The molecule has 156 valence electrons. The standard InChI is InChI=1S/C15H19ClN2O3.C7H9N/c1-21-14-5-4-12(16)7-13(14)15(20)18-6-2-3-11(9-18)8-17-10-19;1-6(5-8)4-7-2-3-7/h4-5,7,10-11H,2-3,6,8-9H2,1H3,(H,17,19);4,7H,2-3H2,1H3/b;6-4-.